The molecular weight excluding hydrogens is 246 g/mol. The Morgan fingerprint density at radius 2 is 1.68 bits per heavy atom. The molecule has 0 aliphatic heterocycles. The molecule has 6 heteroatoms. The molecule has 0 saturated heterocycles. The fourth-order valence-electron chi connectivity index (χ4n) is 1.64. The number of nitrogens with zero attached hydrogens (tertiary/aromatic N) is 2. The fourth-order valence-corrected chi connectivity index (χ4v) is 1.64. The number of hydrogen-bond acceptors (Lipinski definition) is 6. The molecule has 108 valence electrons. The van der Waals surface area contributed by atoms with E-state index < -0.39 is 12.4 Å². The van der Waals surface area contributed by atoms with Crippen LogP contribution in [0.3, 0.4) is 0 Å². The van der Waals surface area contributed by atoms with Crippen molar-refractivity contribution in [1.29, 1.82) is 0 Å². The van der Waals surface area contributed by atoms with Gasteiger partial charge in [0.1, 0.15) is 5.69 Å². The van der Waals surface area contributed by atoms with Crippen LogP contribution in [0.5, 0.6) is 0 Å². The summed E-state index contributed by atoms with van der Waals surface area (Å²) >= 11 is 0. The molecule has 6 nitrogen and oxygen atoms in total. The molecule has 1 atom stereocenters. The number of aliphatic hydroxyl groups excluding tert-OH is 1. The van der Waals surface area contributed by atoms with Crippen LogP contribution in [0.2, 0.25) is 0 Å². The van der Waals surface area contributed by atoms with Gasteiger partial charge in [-0.1, -0.05) is 13.8 Å². The van der Waals surface area contributed by atoms with E-state index in [0.717, 1.165) is 0 Å². The number of nitrogen functional groups attached to an aromatic ring is 1. The number of rotatable bonds is 7. The molecule has 3 N–H and O–H groups in total. The maximum atomic E-state index is 10.1. The van der Waals surface area contributed by atoms with Crippen molar-refractivity contribution in [2.75, 3.05) is 18.9 Å². The first-order valence-corrected chi connectivity index (χ1v) is 6.55. The molecule has 0 spiro atoms. The second kappa shape index (κ2) is 7.37. The molecule has 0 aliphatic carbocycles. The molecule has 0 aromatic carbocycles. The van der Waals surface area contributed by atoms with Crippen LogP contribution in [-0.2, 0) is 9.47 Å². The summed E-state index contributed by atoms with van der Waals surface area (Å²) < 4.78 is 10.9. The highest BCUT2D eigenvalue weighted by Gasteiger charge is 2.20. The lowest BCUT2D eigenvalue weighted by Crippen LogP contribution is -2.16. The third-order valence-electron chi connectivity index (χ3n) is 2.60. The molecule has 19 heavy (non-hydrogen) atoms. The maximum Gasteiger partial charge on any atom is 0.220 e. The van der Waals surface area contributed by atoms with Gasteiger partial charge in [-0.2, -0.15) is 0 Å². The predicted molar refractivity (Wildman–Crippen MR) is 72.2 cm³/mol. The van der Waals surface area contributed by atoms with Gasteiger partial charge in [-0.05, 0) is 25.8 Å². The van der Waals surface area contributed by atoms with Gasteiger partial charge in [-0.15, -0.1) is 0 Å². The normalized spacial score (nSPS) is 13.2. The molecule has 0 fully saturated rings. The molecule has 0 bridgehead atoms. The van der Waals surface area contributed by atoms with Crippen molar-refractivity contribution in [3.8, 4) is 0 Å². The first-order valence-electron chi connectivity index (χ1n) is 6.55. The van der Waals surface area contributed by atoms with Crippen molar-refractivity contribution in [1.82, 2.24) is 9.97 Å². The standard InChI is InChI=1S/C13H23N3O3/c1-5-18-12(19-6-2)10-7-9(11(17)8(3)4)15-13(14)16-10/h7-8,11-12,17H,5-6H2,1-4H3,(H2,14,15,16). The Balaban J connectivity index is 3.06. The molecule has 1 rings (SSSR count). The Hall–Kier alpha value is -1.24. The summed E-state index contributed by atoms with van der Waals surface area (Å²) in [5.74, 6) is 0.149. The molecule has 0 radical (unpaired) electrons. The van der Waals surface area contributed by atoms with Crippen molar-refractivity contribution in [2.24, 2.45) is 5.92 Å². The van der Waals surface area contributed by atoms with Gasteiger partial charge in [-0.3, -0.25) is 0 Å². The van der Waals surface area contributed by atoms with E-state index in [4.69, 9.17) is 15.2 Å². The SMILES string of the molecule is CCOC(OCC)c1cc(C(O)C(C)C)nc(N)n1. The quantitative estimate of drug-likeness (QED) is 0.734. The van der Waals surface area contributed by atoms with Gasteiger partial charge in [0, 0.05) is 13.2 Å². The molecule has 1 aromatic rings. The maximum absolute atomic E-state index is 10.1. The second-order valence-electron chi connectivity index (χ2n) is 4.51. The summed E-state index contributed by atoms with van der Waals surface area (Å²) in [5.41, 5.74) is 6.70. The minimum absolute atomic E-state index is 0.0415. The summed E-state index contributed by atoms with van der Waals surface area (Å²) in [7, 11) is 0. The lowest BCUT2D eigenvalue weighted by molar-refractivity contribution is -0.142. The van der Waals surface area contributed by atoms with Crippen molar-refractivity contribution in [3.05, 3.63) is 17.5 Å². The summed E-state index contributed by atoms with van der Waals surface area (Å²) in [5, 5.41) is 10.1. The number of aromatic nitrogens is 2. The lowest BCUT2D eigenvalue weighted by Gasteiger charge is -2.19. The Bertz CT molecular complexity index is 393. The molecule has 1 unspecified atom stereocenters. The van der Waals surface area contributed by atoms with Crippen molar-refractivity contribution < 1.29 is 14.6 Å². The summed E-state index contributed by atoms with van der Waals surface area (Å²) in [4.78, 5) is 8.18. The van der Waals surface area contributed by atoms with E-state index in [1.165, 1.54) is 0 Å². The van der Waals surface area contributed by atoms with Gasteiger partial charge in [-0.25, -0.2) is 9.97 Å². The number of hydrogen-bond donors (Lipinski definition) is 2. The molecular formula is C13H23N3O3. The van der Waals surface area contributed by atoms with E-state index >= 15 is 0 Å². The molecule has 0 aliphatic rings. The third kappa shape index (κ3) is 4.41. The van der Waals surface area contributed by atoms with E-state index in [2.05, 4.69) is 9.97 Å². The average molecular weight is 269 g/mol. The highest BCUT2D eigenvalue weighted by atomic mass is 16.7. The highest BCUT2D eigenvalue weighted by molar-refractivity contribution is 5.24. The van der Waals surface area contributed by atoms with Crippen LogP contribution in [0.15, 0.2) is 6.07 Å². The zero-order valence-corrected chi connectivity index (χ0v) is 12.0. The lowest BCUT2D eigenvalue weighted by atomic mass is 10.0. The predicted octanol–water partition coefficient (Wildman–Crippen LogP) is 1.82. The molecule has 1 aromatic heterocycles. The summed E-state index contributed by atoms with van der Waals surface area (Å²) in [6.45, 7) is 8.56. The topological polar surface area (TPSA) is 90.5 Å². The second-order valence-corrected chi connectivity index (χ2v) is 4.51. The van der Waals surface area contributed by atoms with Crippen LogP contribution in [0, 0.1) is 5.92 Å². The van der Waals surface area contributed by atoms with Crippen LogP contribution >= 0.6 is 0 Å². The van der Waals surface area contributed by atoms with Crippen molar-refractivity contribution in [3.63, 3.8) is 0 Å². The Kier molecular flexibility index (Phi) is 6.14. The van der Waals surface area contributed by atoms with Crippen molar-refractivity contribution >= 4 is 5.95 Å². The zero-order chi connectivity index (χ0) is 14.4. The Morgan fingerprint density at radius 3 is 2.16 bits per heavy atom. The Labute approximate surface area is 114 Å². The van der Waals surface area contributed by atoms with Gasteiger partial charge in [0.2, 0.25) is 12.2 Å². The van der Waals surface area contributed by atoms with E-state index in [9.17, 15) is 5.11 Å². The number of ether oxygens (including phenoxy) is 2. The van der Waals surface area contributed by atoms with Crippen LogP contribution in [-0.4, -0.2) is 28.3 Å². The van der Waals surface area contributed by atoms with Gasteiger partial charge >= 0.3 is 0 Å². The minimum atomic E-state index is -0.687. The average Bonchev–Trinajstić information content (AvgIpc) is 2.36. The third-order valence-corrected chi connectivity index (χ3v) is 2.60. The van der Waals surface area contributed by atoms with Crippen LogP contribution < -0.4 is 5.73 Å². The van der Waals surface area contributed by atoms with Gasteiger partial charge in [0.15, 0.2) is 0 Å². The highest BCUT2D eigenvalue weighted by Crippen LogP contribution is 2.24. The van der Waals surface area contributed by atoms with E-state index in [1.54, 1.807) is 6.07 Å². The smallest absolute Gasteiger partial charge is 0.220 e. The number of anilines is 1. The monoisotopic (exact) mass is 269 g/mol. The molecule has 0 amide bonds. The largest absolute Gasteiger partial charge is 0.387 e. The number of nitrogens with two attached hydrogens (primary N) is 1. The molecule has 0 saturated carbocycles. The van der Waals surface area contributed by atoms with Crippen LogP contribution in [0.1, 0.15) is 51.5 Å². The van der Waals surface area contributed by atoms with E-state index in [1.807, 2.05) is 27.7 Å². The van der Waals surface area contributed by atoms with Crippen LogP contribution in [0.4, 0.5) is 5.95 Å². The zero-order valence-electron chi connectivity index (χ0n) is 12.0. The van der Waals surface area contributed by atoms with E-state index in [0.29, 0.717) is 24.6 Å². The van der Waals surface area contributed by atoms with Crippen LogP contribution in [0.25, 0.3) is 0 Å². The summed E-state index contributed by atoms with van der Waals surface area (Å²) in [6.07, 6.45) is -1.27. The van der Waals surface area contributed by atoms with Gasteiger partial charge < -0.3 is 20.3 Å². The summed E-state index contributed by atoms with van der Waals surface area (Å²) in [6, 6.07) is 1.68. The fraction of sp³-hybridized carbons (Fsp3) is 0.692. The van der Waals surface area contributed by atoms with Gasteiger partial charge in [0.25, 0.3) is 0 Å². The van der Waals surface area contributed by atoms with Crippen molar-refractivity contribution in [2.45, 2.75) is 40.1 Å². The Morgan fingerprint density at radius 1 is 1.16 bits per heavy atom. The van der Waals surface area contributed by atoms with E-state index in [-0.39, 0.29) is 11.9 Å². The first-order chi connectivity index (χ1) is 8.99. The first kappa shape index (κ1) is 15.8. The van der Waals surface area contributed by atoms with Gasteiger partial charge in [0.05, 0.1) is 11.8 Å². The molecule has 1 heterocycles. The number of aliphatic hydroxyl groups is 1. The minimum Gasteiger partial charge on any atom is -0.387 e.